The van der Waals surface area contributed by atoms with Gasteiger partial charge in [0.1, 0.15) is 12.4 Å². The van der Waals surface area contributed by atoms with Crippen LogP contribution in [0.3, 0.4) is 0 Å². The second-order valence-electron chi connectivity index (χ2n) is 7.57. The van der Waals surface area contributed by atoms with Crippen molar-refractivity contribution >= 4 is 16.7 Å². The van der Waals surface area contributed by atoms with E-state index in [-0.39, 0.29) is 5.91 Å². The van der Waals surface area contributed by atoms with Crippen molar-refractivity contribution < 1.29 is 13.9 Å². The zero-order valence-electron chi connectivity index (χ0n) is 18.1. The predicted molar refractivity (Wildman–Crippen MR) is 121 cm³/mol. The monoisotopic (exact) mass is 414 g/mol. The Hall–Kier alpha value is -3.60. The third kappa shape index (κ3) is 4.45. The second kappa shape index (κ2) is 9.04. The topological polar surface area (TPSA) is 55.6 Å². The molecule has 0 N–H and O–H groups in total. The largest absolute Gasteiger partial charge is 0.489 e. The van der Waals surface area contributed by atoms with Crippen molar-refractivity contribution in [2.24, 2.45) is 0 Å². The smallest absolute Gasteiger partial charge is 0.291 e. The summed E-state index contributed by atoms with van der Waals surface area (Å²) < 4.78 is 11.9. The molecule has 0 aliphatic rings. The third-order valence-corrected chi connectivity index (χ3v) is 5.31. The van der Waals surface area contributed by atoms with E-state index in [0.29, 0.717) is 36.9 Å². The van der Waals surface area contributed by atoms with Crippen LogP contribution in [0, 0.1) is 6.92 Å². The van der Waals surface area contributed by atoms with Gasteiger partial charge in [0.25, 0.3) is 5.91 Å². The van der Waals surface area contributed by atoms with Gasteiger partial charge in [-0.15, -0.1) is 0 Å². The summed E-state index contributed by atoms with van der Waals surface area (Å²) in [5.41, 5.74) is 2.68. The molecular weight excluding hydrogens is 388 g/mol. The molecule has 1 heterocycles. The number of oxazole rings is 1. The van der Waals surface area contributed by atoms with Crippen molar-refractivity contribution in [2.45, 2.75) is 33.4 Å². The SMILES string of the molecule is CCc1nc(C)c(C(=O)N(C)Cc2c(OCc3ccccc3)ccc3ccccc23)o1. The Labute approximate surface area is 182 Å². The summed E-state index contributed by atoms with van der Waals surface area (Å²) in [6, 6.07) is 22.2. The van der Waals surface area contributed by atoms with Crippen LogP contribution < -0.4 is 4.74 Å². The highest BCUT2D eigenvalue weighted by molar-refractivity contribution is 5.93. The Morgan fingerprint density at radius 1 is 1.03 bits per heavy atom. The average Bonchev–Trinajstić information content (AvgIpc) is 3.19. The van der Waals surface area contributed by atoms with E-state index in [4.69, 9.17) is 9.15 Å². The lowest BCUT2D eigenvalue weighted by atomic mass is 10.0. The van der Waals surface area contributed by atoms with E-state index in [9.17, 15) is 4.79 Å². The molecule has 3 aromatic carbocycles. The Balaban J connectivity index is 1.64. The van der Waals surface area contributed by atoms with Gasteiger partial charge in [0, 0.05) is 19.0 Å². The number of carbonyl (C=O) groups is 1. The van der Waals surface area contributed by atoms with Gasteiger partial charge < -0.3 is 14.1 Å². The van der Waals surface area contributed by atoms with Gasteiger partial charge in [-0.05, 0) is 29.3 Å². The number of fused-ring (bicyclic) bond motifs is 1. The van der Waals surface area contributed by atoms with Crippen molar-refractivity contribution in [2.75, 3.05) is 7.05 Å². The van der Waals surface area contributed by atoms with Crippen LogP contribution in [0.25, 0.3) is 10.8 Å². The second-order valence-corrected chi connectivity index (χ2v) is 7.57. The van der Waals surface area contributed by atoms with E-state index in [0.717, 1.165) is 27.6 Å². The number of benzene rings is 3. The minimum Gasteiger partial charge on any atom is -0.489 e. The summed E-state index contributed by atoms with van der Waals surface area (Å²) in [5, 5.41) is 2.17. The highest BCUT2D eigenvalue weighted by Gasteiger charge is 2.22. The van der Waals surface area contributed by atoms with E-state index in [1.165, 1.54) is 0 Å². The van der Waals surface area contributed by atoms with E-state index in [1.807, 2.05) is 55.5 Å². The average molecular weight is 415 g/mol. The van der Waals surface area contributed by atoms with E-state index < -0.39 is 0 Å². The lowest BCUT2D eigenvalue weighted by molar-refractivity contribution is 0.0750. The zero-order chi connectivity index (χ0) is 21.8. The molecule has 4 aromatic rings. The predicted octanol–water partition coefficient (Wildman–Crippen LogP) is 5.55. The van der Waals surface area contributed by atoms with Gasteiger partial charge in [-0.3, -0.25) is 4.79 Å². The molecule has 5 heteroatoms. The number of rotatable bonds is 7. The van der Waals surface area contributed by atoms with E-state index >= 15 is 0 Å². The van der Waals surface area contributed by atoms with Gasteiger partial charge in [-0.1, -0.05) is 67.6 Å². The van der Waals surface area contributed by atoms with Crippen molar-refractivity contribution in [3.8, 4) is 5.75 Å². The van der Waals surface area contributed by atoms with Crippen LogP contribution >= 0.6 is 0 Å². The van der Waals surface area contributed by atoms with E-state index in [2.05, 4.69) is 23.2 Å². The molecule has 0 fully saturated rings. The van der Waals surface area contributed by atoms with E-state index in [1.54, 1.807) is 18.9 Å². The van der Waals surface area contributed by atoms with Crippen LogP contribution in [-0.2, 0) is 19.6 Å². The van der Waals surface area contributed by atoms with Crippen molar-refractivity contribution in [3.63, 3.8) is 0 Å². The van der Waals surface area contributed by atoms with Gasteiger partial charge in [0.15, 0.2) is 5.89 Å². The van der Waals surface area contributed by atoms with Gasteiger partial charge in [0.2, 0.25) is 5.76 Å². The molecule has 0 atom stereocenters. The normalized spacial score (nSPS) is 10.9. The first kappa shape index (κ1) is 20.7. The number of nitrogens with zero attached hydrogens (tertiary/aromatic N) is 2. The molecule has 4 rings (SSSR count). The molecule has 31 heavy (non-hydrogen) atoms. The lowest BCUT2D eigenvalue weighted by Crippen LogP contribution is -2.26. The van der Waals surface area contributed by atoms with Crippen molar-refractivity contribution in [3.05, 3.63) is 95.2 Å². The fraction of sp³-hybridized carbons (Fsp3) is 0.231. The first-order valence-corrected chi connectivity index (χ1v) is 10.5. The van der Waals surface area contributed by atoms with Gasteiger partial charge in [0.05, 0.1) is 12.2 Å². The molecule has 0 radical (unpaired) electrons. The Kier molecular flexibility index (Phi) is 6.03. The standard InChI is InChI=1S/C26H26N2O3/c1-4-24-27-18(2)25(31-24)26(29)28(3)16-22-21-13-9-8-12-20(21)14-15-23(22)30-17-19-10-6-5-7-11-19/h5-15H,4,16-17H2,1-3H3. The molecule has 0 spiro atoms. The molecule has 1 aromatic heterocycles. The summed E-state index contributed by atoms with van der Waals surface area (Å²) in [5.74, 6) is 1.45. The van der Waals surface area contributed by atoms with Crippen molar-refractivity contribution in [1.29, 1.82) is 0 Å². The summed E-state index contributed by atoms with van der Waals surface area (Å²) >= 11 is 0. The first-order valence-electron chi connectivity index (χ1n) is 10.5. The van der Waals surface area contributed by atoms with Crippen LogP contribution in [0.4, 0.5) is 0 Å². The lowest BCUT2D eigenvalue weighted by Gasteiger charge is -2.20. The molecule has 0 aliphatic carbocycles. The highest BCUT2D eigenvalue weighted by Crippen LogP contribution is 2.30. The molecule has 0 aliphatic heterocycles. The van der Waals surface area contributed by atoms with Crippen LogP contribution in [0.15, 0.2) is 71.1 Å². The van der Waals surface area contributed by atoms with Crippen LogP contribution in [0.2, 0.25) is 0 Å². The summed E-state index contributed by atoms with van der Waals surface area (Å²) in [6.07, 6.45) is 0.651. The third-order valence-electron chi connectivity index (χ3n) is 5.31. The molecule has 5 nitrogen and oxygen atoms in total. The number of hydrogen-bond acceptors (Lipinski definition) is 4. The molecular formula is C26H26N2O3. The molecule has 1 amide bonds. The summed E-state index contributed by atoms with van der Waals surface area (Å²) in [6.45, 7) is 4.61. The molecule has 0 unspecified atom stereocenters. The fourth-order valence-corrected chi connectivity index (χ4v) is 3.63. The number of carbonyl (C=O) groups excluding carboxylic acids is 1. The van der Waals surface area contributed by atoms with Crippen LogP contribution in [-0.4, -0.2) is 22.8 Å². The maximum absolute atomic E-state index is 13.1. The zero-order valence-corrected chi connectivity index (χ0v) is 18.1. The fourth-order valence-electron chi connectivity index (χ4n) is 3.63. The summed E-state index contributed by atoms with van der Waals surface area (Å²) in [4.78, 5) is 19.1. The maximum atomic E-state index is 13.1. The Morgan fingerprint density at radius 2 is 1.77 bits per heavy atom. The van der Waals surface area contributed by atoms with Crippen LogP contribution in [0.5, 0.6) is 5.75 Å². The van der Waals surface area contributed by atoms with Crippen molar-refractivity contribution in [1.82, 2.24) is 9.88 Å². The number of aryl methyl sites for hydroxylation is 2. The Morgan fingerprint density at radius 3 is 2.52 bits per heavy atom. The van der Waals surface area contributed by atoms with Gasteiger partial charge >= 0.3 is 0 Å². The number of aromatic nitrogens is 1. The molecule has 158 valence electrons. The molecule has 0 bridgehead atoms. The maximum Gasteiger partial charge on any atom is 0.291 e. The number of hydrogen-bond donors (Lipinski definition) is 0. The minimum atomic E-state index is -0.188. The van der Waals surface area contributed by atoms with Gasteiger partial charge in [-0.25, -0.2) is 4.98 Å². The quantitative estimate of drug-likeness (QED) is 0.398. The number of ether oxygens (including phenoxy) is 1. The van der Waals surface area contributed by atoms with Gasteiger partial charge in [-0.2, -0.15) is 0 Å². The first-order chi connectivity index (χ1) is 15.1. The molecule has 0 saturated heterocycles. The van der Waals surface area contributed by atoms with Crippen LogP contribution in [0.1, 0.15) is 40.2 Å². The molecule has 0 saturated carbocycles. The minimum absolute atomic E-state index is 0.188. The highest BCUT2D eigenvalue weighted by atomic mass is 16.5. The Bertz CT molecular complexity index is 1200. The summed E-state index contributed by atoms with van der Waals surface area (Å²) in [7, 11) is 1.78. The number of amides is 1.